The Balaban J connectivity index is 3.38. The molecule has 0 saturated heterocycles. The van der Waals surface area contributed by atoms with E-state index < -0.39 is 0 Å². The predicted octanol–water partition coefficient (Wildman–Crippen LogP) is 3.17. The Morgan fingerprint density at radius 3 is 1.44 bits per heavy atom. The molecule has 0 heterocycles. The summed E-state index contributed by atoms with van der Waals surface area (Å²) >= 11 is 2.06. The highest BCUT2D eigenvalue weighted by atomic mass is 32.2. The van der Waals surface area contributed by atoms with Crippen LogP contribution in [0.15, 0.2) is 0 Å². The first-order valence-electron chi connectivity index (χ1n) is 3.69. The maximum absolute atomic E-state index is 2.30. The van der Waals surface area contributed by atoms with Gasteiger partial charge in [-0.1, -0.05) is 34.6 Å². The van der Waals surface area contributed by atoms with Crippen molar-refractivity contribution in [3.63, 3.8) is 0 Å². The molecule has 0 saturated carbocycles. The van der Waals surface area contributed by atoms with Crippen LogP contribution >= 0.6 is 11.8 Å². The van der Waals surface area contributed by atoms with Crippen molar-refractivity contribution in [2.75, 3.05) is 0 Å². The molecular formula is C8H18S. The molecule has 0 rings (SSSR count). The molecule has 0 unspecified atom stereocenters. The second-order valence-electron chi connectivity index (χ2n) is 3.13. The van der Waals surface area contributed by atoms with Crippen LogP contribution in [0.25, 0.3) is 0 Å². The van der Waals surface area contributed by atoms with Crippen molar-refractivity contribution in [2.45, 2.75) is 45.1 Å². The summed E-state index contributed by atoms with van der Waals surface area (Å²) in [5, 5.41) is 1.59. The van der Waals surface area contributed by atoms with E-state index in [2.05, 4.69) is 46.4 Å². The predicted molar refractivity (Wildman–Crippen MR) is 47.0 cm³/mol. The molecule has 0 amide bonds. The molecule has 0 nitrogen and oxygen atoms in total. The first-order chi connectivity index (χ1) is 4.04. The van der Waals surface area contributed by atoms with E-state index in [1.54, 1.807) is 0 Å². The second kappa shape index (κ2) is 4.21. The van der Waals surface area contributed by atoms with Gasteiger partial charge in [0.2, 0.25) is 0 Å². The van der Waals surface area contributed by atoms with E-state index >= 15 is 0 Å². The highest BCUT2D eigenvalue weighted by Crippen LogP contribution is 2.22. The molecule has 0 fully saturated rings. The summed E-state index contributed by atoms with van der Waals surface area (Å²) in [6, 6.07) is 0. The molecule has 9 heavy (non-hydrogen) atoms. The van der Waals surface area contributed by atoms with Crippen molar-refractivity contribution in [1.29, 1.82) is 0 Å². The summed E-state index contributed by atoms with van der Waals surface area (Å²) in [7, 11) is 0. The molecule has 56 valence electrons. The standard InChI is InChI=1S/C8H18S/c1-6(2)8(5)9-7(3)4/h6-8H,1-5H3/t8-/m0/s1. The summed E-state index contributed by atoms with van der Waals surface area (Å²) in [5.74, 6) is 0.817. The molecule has 0 aromatic rings. The fourth-order valence-electron chi connectivity index (χ4n) is 0.586. The van der Waals surface area contributed by atoms with Gasteiger partial charge in [-0.2, -0.15) is 11.8 Å². The van der Waals surface area contributed by atoms with Gasteiger partial charge in [0, 0.05) is 5.25 Å². The van der Waals surface area contributed by atoms with Crippen molar-refractivity contribution >= 4 is 11.8 Å². The van der Waals surface area contributed by atoms with Crippen LogP contribution in [0.1, 0.15) is 34.6 Å². The fourth-order valence-corrected chi connectivity index (χ4v) is 1.76. The Bertz CT molecular complexity index is 67.0. The van der Waals surface area contributed by atoms with Crippen LogP contribution in [0.2, 0.25) is 0 Å². The quantitative estimate of drug-likeness (QED) is 0.589. The van der Waals surface area contributed by atoms with Gasteiger partial charge in [-0.05, 0) is 11.2 Å². The van der Waals surface area contributed by atoms with Crippen molar-refractivity contribution in [3.8, 4) is 0 Å². The zero-order valence-electron chi connectivity index (χ0n) is 7.14. The first-order valence-corrected chi connectivity index (χ1v) is 4.63. The molecule has 0 aromatic carbocycles. The van der Waals surface area contributed by atoms with Gasteiger partial charge in [-0.15, -0.1) is 0 Å². The van der Waals surface area contributed by atoms with Gasteiger partial charge in [0.15, 0.2) is 0 Å². The van der Waals surface area contributed by atoms with E-state index in [4.69, 9.17) is 0 Å². The Morgan fingerprint density at radius 2 is 1.33 bits per heavy atom. The zero-order chi connectivity index (χ0) is 7.44. The van der Waals surface area contributed by atoms with Crippen LogP contribution in [0.3, 0.4) is 0 Å². The van der Waals surface area contributed by atoms with Gasteiger partial charge in [-0.3, -0.25) is 0 Å². The Kier molecular flexibility index (Phi) is 4.37. The summed E-state index contributed by atoms with van der Waals surface area (Å²) in [6.45, 7) is 11.4. The molecule has 0 aliphatic rings. The summed E-state index contributed by atoms with van der Waals surface area (Å²) < 4.78 is 0. The van der Waals surface area contributed by atoms with Gasteiger partial charge in [0.1, 0.15) is 0 Å². The van der Waals surface area contributed by atoms with Gasteiger partial charge in [0.05, 0.1) is 0 Å². The number of hydrogen-bond acceptors (Lipinski definition) is 1. The number of hydrogen-bond donors (Lipinski definition) is 0. The average molecular weight is 146 g/mol. The third kappa shape index (κ3) is 4.83. The smallest absolute Gasteiger partial charge is 0.00443 e. The molecule has 0 bridgehead atoms. The Hall–Kier alpha value is 0.350. The molecule has 0 radical (unpaired) electrons. The van der Waals surface area contributed by atoms with Crippen LogP contribution < -0.4 is 0 Å². The fraction of sp³-hybridized carbons (Fsp3) is 1.00. The molecule has 1 heteroatoms. The molecule has 1 atom stereocenters. The van der Waals surface area contributed by atoms with E-state index in [1.165, 1.54) is 0 Å². The third-order valence-corrected chi connectivity index (χ3v) is 2.94. The molecule has 0 aromatic heterocycles. The lowest BCUT2D eigenvalue weighted by Crippen LogP contribution is -2.08. The minimum Gasteiger partial charge on any atom is -0.156 e. The maximum Gasteiger partial charge on any atom is 0.00443 e. The van der Waals surface area contributed by atoms with E-state index in [1.807, 2.05) is 0 Å². The lowest BCUT2D eigenvalue weighted by atomic mass is 10.2. The monoisotopic (exact) mass is 146 g/mol. The Morgan fingerprint density at radius 1 is 0.889 bits per heavy atom. The highest BCUT2D eigenvalue weighted by Gasteiger charge is 2.08. The molecular weight excluding hydrogens is 128 g/mol. The summed E-state index contributed by atoms with van der Waals surface area (Å²) in [5.41, 5.74) is 0. The van der Waals surface area contributed by atoms with Gasteiger partial charge >= 0.3 is 0 Å². The molecule has 0 N–H and O–H groups in total. The topological polar surface area (TPSA) is 0 Å². The minimum atomic E-state index is 0.780. The normalized spacial score (nSPS) is 15.0. The minimum absolute atomic E-state index is 0.780. The van der Waals surface area contributed by atoms with Crippen molar-refractivity contribution in [1.82, 2.24) is 0 Å². The van der Waals surface area contributed by atoms with E-state index in [0.29, 0.717) is 0 Å². The second-order valence-corrected chi connectivity index (χ2v) is 5.09. The zero-order valence-corrected chi connectivity index (χ0v) is 7.96. The molecule has 0 aliphatic carbocycles. The number of thioether (sulfide) groups is 1. The first kappa shape index (κ1) is 9.35. The number of rotatable bonds is 3. The maximum atomic E-state index is 2.30. The SMILES string of the molecule is CC(C)S[C@@H](C)C(C)C. The van der Waals surface area contributed by atoms with Crippen LogP contribution in [-0.4, -0.2) is 10.5 Å². The van der Waals surface area contributed by atoms with Crippen molar-refractivity contribution in [3.05, 3.63) is 0 Å². The Labute approximate surface area is 63.4 Å². The van der Waals surface area contributed by atoms with Crippen LogP contribution in [0.5, 0.6) is 0 Å². The van der Waals surface area contributed by atoms with Crippen LogP contribution in [0, 0.1) is 5.92 Å². The average Bonchev–Trinajstić information content (AvgIpc) is 1.63. The summed E-state index contributed by atoms with van der Waals surface area (Å²) in [4.78, 5) is 0. The van der Waals surface area contributed by atoms with Gasteiger partial charge in [0.25, 0.3) is 0 Å². The van der Waals surface area contributed by atoms with Gasteiger partial charge in [-0.25, -0.2) is 0 Å². The van der Waals surface area contributed by atoms with Crippen molar-refractivity contribution in [2.24, 2.45) is 5.92 Å². The largest absolute Gasteiger partial charge is 0.156 e. The molecule has 0 spiro atoms. The van der Waals surface area contributed by atoms with E-state index in [0.717, 1.165) is 16.4 Å². The highest BCUT2D eigenvalue weighted by molar-refractivity contribution is 8.00. The lowest BCUT2D eigenvalue weighted by molar-refractivity contribution is 0.640. The third-order valence-electron chi connectivity index (χ3n) is 1.43. The lowest BCUT2D eigenvalue weighted by Gasteiger charge is -2.16. The van der Waals surface area contributed by atoms with Gasteiger partial charge < -0.3 is 0 Å². The van der Waals surface area contributed by atoms with Crippen molar-refractivity contribution < 1.29 is 0 Å². The summed E-state index contributed by atoms with van der Waals surface area (Å²) in [6.07, 6.45) is 0. The van der Waals surface area contributed by atoms with E-state index in [-0.39, 0.29) is 0 Å². The van der Waals surface area contributed by atoms with E-state index in [9.17, 15) is 0 Å². The van der Waals surface area contributed by atoms with Crippen LogP contribution in [0.4, 0.5) is 0 Å². The van der Waals surface area contributed by atoms with Crippen LogP contribution in [-0.2, 0) is 0 Å². The molecule has 0 aliphatic heterocycles.